The van der Waals surface area contributed by atoms with Crippen molar-refractivity contribution in [3.8, 4) is 0 Å². The second kappa shape index (κ2) is 5.62. The standard InChI is InChI=1S/C13H16N2O3/c16-12(15-11-7-3-4-8-14-11)9-5-1-2-6-10(9)13(17)18/h3-4,7-10H,1-2,5-6H2,(H,17,18)(H,14,15,16)/t9-,10+/m1/s1. The topological polar surface area (TPSA) is 79.3 Å². The summed E-state index contributed by atoms with van der Waals surface area (Å²) in [6.07, 6.45) is 4.59. The van der Waals surface area contributed by atoms with E-state index in [0.717, 1.165) is 12.8 Å². The number of amides is 1. The van der Waals surface area contributed by atoms with Gasteiger partial charge in [0.05, 0.1) is 11.8 Å². The van der Waals surface area contributed by atoms with Gasteiger partial charge in [-0.3, -0.25) is 9.59 Å². The maximum atomic E-state index is 12.1. The molecule has 18 heavy (non-hydrogen) atoms. The highest BCUT2D eigenvalue weighted by Crippen LogP contribution is 2.31. The highest BCUT2D eigenvalue weighted by molar-refractivity contribution is 5.94. The number of nitrogens with zero attached hydrogens (tertiary/aromatic N) is 1. The number of aromatic nitrogens is 1. The lowest BCUT2D eigenvalue weighted by Gasteiger charge is -2.27. The SMILES string of the molecule is O=C(O)[C@H]1CCCC[C@H]1C(=O)Nc1ccccn1. The molecule has 2 rings (SSSR count). The Morgan fingerprint density at radius 3 is 2.56 bits per heavy atom. The van der Waals surface area contributed by atoms with Gasteiger partial charge >= 0.3 is 5.97 Å². The third-order valence-electron chi connectivity index (χ3n) is 3.34. The first-order valence-electron chi connectivity index (χ1n) is 6.13. The lowest BCUT2D eigenvalue weighted by molar-refractivity contribution is -0.147. The molecule has 0 spiro atoms. The van der Waals surface area contributed by atoms with Gasteiger partial charge in [0, 0.05) is 6.20 Å². The molecule has 0 unspecified atom stereocenters. The van der Waals surface area contributed by atoms with E-state index in [9.17, 15) is 9.59 Å². The molecule has 0 aliphatic heterocycles. The minimum absolute atomic E-state index is 0.235. The molecule has 5 nitrogen and oxygen atoms in total. The largest absolute Gasteiger partial charge is 0.481 e. The van der Waals surface area contributed by atoms with E-state index in [1.807, 2.05) is 0 Å². The maximum Gasteiger partial charge on any atom is 0.307 e. The van der Waals surface area contributed by atoms with E-state index >= 15 is 0 Å². The number of hydrogen-bond acceptors (Lipinski definition) is 3. The number of anilines is 1. The van der Waals surface area contributed by atoms with Crippen LogP contribution in [0.15, 0.2) is 24.4 Å². The zero-order chi connectivity index (χ0) is 13.0. The van der Waals surface area contributed by atoms with Gasteiger partial charge in [0.15, 0.2) is 0 Å². The van der Waals surface area contributed by atoms with Gasteiger partial charge in [-0.15, -0.1) is 0 Å². The minimum atomic E-state index is -0.879. The number of carboxylic acid groups (broad SMARTS) is 1. The lowest BCUT2D eigenvalue weighted by Crippen LogP contribution is -2.36. The molecule has 1 aliphatic carbocycles. The summed E-state index contributed by atoms with van der Waals surface area (Å²) in [6.45, 7) is 0. The molecular formula is C13H16N2O3. The van der Waals surface area contributed by atoms with E-state index in [4.69, 9.17) is 5.11 Å². The van der Waals surface area contributed by atoms with Crippen LogP contribution in [0.4, 0.5) is 5.82 Å². The molecule has 1 aromatic heterocycles. The summed E-state index contributed by atoms with van der Waals surface area (Å²) in [7, 11) is 0. The van der Waals surface area contributed by atoms with E-state index in [1.54, 1.807) is 24.4 Å². The summed E-state index contributed by atoms with van der Waals surface area (Å²) >= 11 is 0. The molecule has 1 aromatic rings. The Bertz CT molecular complexity index is 433. The van der Waals surface area contributed by atoms with Gasteiger partial charge in [-0.25, -0.2) is 4.98 Å². The Balaban J connectivity index is 2.05. The number of carbonyl (C=O) groups is 2. The van der Waals surface area contributed by atoms with Crippen LogP contribution in [0, 0.1) is 11.8 Å². The summed E-state index contributed by atoms with van der Waals surface area (Å²) < 4.78 is 0. The van der Waals surface area contributed by atoms with Gasteiger partial charge < -0.3 is 10.4 Å². The second-order valence-electron chi connectivity index (χ2n) is 4.54. The van der Waals surface area contributed by atoms with Gasteiger partial charge in [-0.1, -0.05) is 18.9 Å². The Morgan fingerprint density at radius 2 is 1.94 bits per heavy atom. The summed E-state index contributed by atoms with van der Waals surface area (Å²) in [5, 5.41) is 11.8. The van der Waals surface area contributed by atoms with Crippen LogP contribution >= 0.6 is 0 Å². The van der Waals surface area contributed by atoms with Crippen LogP contribution < -0.4 is 5.32 Å². The first-order valence-corrected chi connectivity index (χ1v) is 6.13. The molecule has 2 atom stereocenters. The highest BCUT2D eigenvalue weighted by atomic mass is 16.4. The number of carbonyl (C=O) groups excluding carboxylic acids is 1. The molecule has 1 saturated carbocycles. The van der Waals surface area contributed by atoms with Crippen molar-refractivity contribution >= 4 is 17.7 Å². The second-order valence-corrected chi connectivity index (χ2v) is 4.54. The summed E-state index contributed by atoms with van der Waals surface area (Å²) in [4.78, 5) is 27.2. The molecule has 2 N–H and O–H groups in total. The first-order chi connectivity index (χ1) is 8.68. The van der Waals surface area contributed by atoms with E-state index in [2.05, 4.69) is 10.3 Å². The Hall–Kier alpha value is -1.91. The zero-order valence-electron chi connectivity index (χ0n) is 10.0. The zero-order valence-corrected chi connectivity index (χ0v) is 10.0. The van der Waals surface area contributed by atoms with Crippen LogP contribution in [0.25, 0.3) is 0 Å². The van der Waals surface area contributed by atoms with Gasteiger partial charge in [0.25, 0.3) is 0 Å². The number of aliphatic carboxylic acids is 1. The fourth-order valence-electron chi connectivity index (χ4n) is 2.40. The Morgan fingerprint density at radius 1 is 1.22 bits per heavy atom. The molecular weight excluding hydrogens is 232 g/mol. The molecule has 1 amide bonds. The molecule has 1 fully saturated rings. The van der Waals surface area contributed by atoms with Crippen LogP contribution in [0.2, 0.25) is 0 Å². The summed E-state index contributed by atoms with van der Waals surface area (Å²) in [5.41, 5.74) is 0. The third-order valence-corrected chi connectivity index (χ3v) is 3.34. The summed E-state index contributed by atoms with van der Waals surface area (Å²) in [5.74, 6) is -1.66. The van der Waals surface area contributed by atoms with Crippen molar-refractivity contribution < 1.29 is 14.7 Å². The molecule has 96 valence electrons. The number of carboxylic acids is 1. The Labute approximate surface area is 105 Å². The molecule has 1 aliphatic rings. The van der Waals surface area contributed by atoms with Gasteiger partial charge in [-0.05, 0) is 25.0 Å². The van der Waals surface area contributed by atoms with Crippen molar-refractivity contribution in [3.05, 3.63) is 24.4 Å². The molecule has 5 heteroatoms. The summed E-state index contributed by atoms with van der Waals surface area (Å²) in [6, 6.07) is 5.23. The number of pyridine rings is 1. The quantitative estimate of drug-likeness (QED) is 0.856. The predicted octanol–water partition coefficient (Wildman–Crippen LogP) is 1.91. The van der Waals surface area contributed by atoms with Crippen molar-refractivity contribution in [1.82, 2.24) is 4.98 Å². The van der Waals surface area contributed by atoms with Crippen LogP contribution in [-0.2, 0) is 9.59 Å². The molecule has 0 aromatic carbocycles. The lowest BCUT2D eigenvalue weighted by atomic mass is 9.79. The monoisotopic (exact) mass is 248 g/mol. The van der Waals surface area contributed by atoms with E-state index in [0.29, 0.717) is 18.7 Å². The van der Waals surface area contributed by atoms with Crippen LogP contribution in [-0.4, -0.2) is 22.0 Å². The third kappa shape index (κ3) is 2.85. The number of rotatable bonds is 3. The van der Waals surface area contributed by atoms with Crippen molar-refractivity contribution in [1.29, 1.82) is 0 Å². The van der Waals surface area contributed by atoms with Gasteiger partial charge in [0.1, 0.15) is 5.82 Å². The van der Waals surface area contributed by atoms with Gasteiger partial charge in [-0.2, -0.15) is 0 Å². The van der Waals surface area contributed by atoms with Crippen molar-refractivity contribution in [3.63, 3.8) is 0 Å². The van der Waals surface area contributed by atoms with Crippen molar-refractivity contribution in [2.45, 2.75) is 25.7 Å². The van der Waals surface area contributed by atoms with E-state index < -0.39 is 17.8 Å². The Kier molecular flexibility index (Phi) is 3.92. The van der Waals surface area contributed by atoms with Crippen molar-refractivity contribution in [2.24, 2.45) is 11.8 Å². The van der Waals surface area contributed by atoms with E-state index in [1.165, 1.54) is 0 Å². The highest BCUT2D eigenvalue weighted by Gasteiger charge is 2.35. The van der Waals surface area contributed by atoms with Crippen molar-refractivity contribution in [2.75, 3.05) is 5.32 Å². The molecule has 1 heterocycles. The fourth-order valence-corrected chi connectivity index (χ4v) is 2.40. The normalized spacial score (nSPS) is 23.3. The average molecular weight is 248 g/mol. The fraction of sp³-hybridized carbons (Fsp3) is 0.462. The average Bonchev–Trinajstić information content (AvgIpc) is 2.40. The smallest absolute Gasteiger partial charge is 0.307 e. The maximum absolute atomic E-state index is 12.1. The molecule has 0 bridgehead atoms. The minimum Gasteiger partial charge on any atom is -0.481 e. The van der Waals surface area contributed by atoms with E-state index in [-0.39, 0.29) is 5.91 Å². The number of hydrogen-bond donors (Lipinski definition) is 2. The van der Waals surface area contributed by atoms with Crippen LogP contribution in [0.5, 0.6) is 0 Å². The van der Waals surface area contributed by atoms with Gasteiger partial charge in [0.2, 0.25) is 5.91 Å². The number of nitrogens with one attached hydrogen (secondary N) is 1. The predicted molar refractivity (Wildman–Crippen MR) is 66.0 cm³/mol. The molecule has 0 radical (unpaired) electrons. The van der Waals surface area contributed by atoms with Crippen LogP contribution in [0.1, 0.15) is 25.7 Å². The van der Waals surface area contributed by atoms with Crippen LogP contribution in [0.3, 0.4) is 0 Å². The molecule has 0 saturated heterocycles. The first kappa shape index (κ1) is 12.5.